The Morgan fingerprint density at radius 3 is 3.07 bits per heavy atom. The van der Waals surface area contributed by atoms with Gasteiger partial charge >= 0.3 is 0 Å². The number of nitrogens with zero attached hydrogens (tertiary/aromatic N) is 2. The van der Waals surface area contributed by atoms with Crippen LogP contribution in [0.4, 0.5) is 0 Å². The summed E-state index contributed by atoms with van der Waals surface area (Å²) in [6.07, 6.45) is 4.98. The van der Waals surface area contributed by atoms with E-state index >= 15 is 0 Å². The predicted octanol–water partition coefficient (Wildman–Crippen LogP) is 2.03. The third-order valence-electron chi connectivity index (χ3n) is 3.05. The fraction of sp³-hybridized carbons (Fsp3) is 0.636. The van der Waals surface area contributed by atoms with Gasteiger partial charge in [-0.1, -0.05) is 11.6 Å². The first-order valence-corrected chi connectivity index (χ1v) is 5.36. The fourth-order valence-corrected chi connectivity index (χ4v) is 2.16. The van der Waals surface area contributed by atoms with Gasteiger partial charge in [-0.3, -0.25) is 9.69 Å². The van der Waals surface area contributed by atoms with Gasteiger partial charge in [-0.05, 0) is 33.4 Å². The lowest BCUT2D eigenvalue weighted by Gasteiger charge is -2.30. The average Bonchev–Trinajstić information content (AvgIpc) is 2.67. The maximum Gasteiger partial charge on any atom is 0.165 e. The third-order valence-corrected chi connectivity index (χ3v) is 3.05. The number of hydrogen-bond acceptors (Lipinski definition) is 4. The van der Waals surface area contributed by atoms with Crippen molar-refractivity contribution < 1.29 is 9.32 Å². The van der Waals surface area contributed by atoms with E-state index in [1.54, 1.807) is 6.92 Å². The molecule has 1 aromatic rings. The molecule has 1 aliphatic heterocycles. The van der Waals surface area contributed by atoms with Crippen molar-refractivity contribution in [2.75, 3.05) is 13.6 Å². The number of hydrogen-bond donors (Lipinski definition) is 0. The monoisotopic (exact) mass is 208 g/mol. The molecule has 2 heterocycles. The Morgan fingerprint density at radius 2 is 2.40 bits per heavy atom. The zero-order valence-electron chi connectivity index (χ0n) is 9.19. The Hall–Kier alpha value is -1.16. The van der Waals surface area contributed by atoms with Crippen LogP contribution in [0.3, 0.4) is 0 Å². The highest BCUT2D eigenvalue weighted by Crippen LogP contribution is 2.31. The summed E-state index contributed by atoms with van der Waals surface area (Å²) < 4.78 is 5.22. The van der Waals surface area contributed by atoms with E-state index in [-0.39, 0.29) is 11.8 Å². The van der Waals surface area contributed by atoms with Crippen LogP contribution in [-0.2, 0) is 0 Å². The molecule has 4 heteroatoms. The van der Waals surface area contributed by atoms with Crippen molar-refractivity contribution in [2.45, 2.75) is 32.2 Å². The first-order valence-electron chi connectivity index (χ1n) is 5.36. The maximum absolute atomic E-state index is 11.4. The molecule has 1 aromatic heterocycles. The summed E-state index contributed by atoms with van der Waals surface area (Å²) in [5.74, 6) is 0.773. The summed E-state index contributed by atoms with van der Waals surface area (Å²) in [6.45, 7) is 2.61. The van der Waals surface area contributed by atoms with Crippen LogP contribution in [0.2, 0.25) is 0 Å². The second-order valence-electron chi connectivity index (χ2n) is 4.15. The van der Waals surface area contributed by atoms with Crippen LogP contribution in [-0.4, -0.2) is 29.4 Å². The molecule has 0 bridgehead atoms. The van der Waals surface area contributed by atoms with Gasteiger partial charge in [0.2, 0.25) is 0 Å². The molecule has 2 rings (SSSR count). The Kier molecular flexibility index (Phi) is 2.86. The molecule has 0 amide bonds. The summed E-state index contributed by atoms with van der Waals surface area (Å²) in [7, 11) is 2.07. The van der Waals surface area contributed by atoms with Crippen molar-refractivity contribution in [3.05, 3.63) is 17.5 Å². The van der Waals surface area contributed by atoms with Crippen molar-refractivity contribution in [1.82, 2.24) is 10.1 Å². The van der Waals surface area contributed by atoms with Gasteiger partial charge in [0.05, 0.1) is 17.8 Å². The fourth-order valence-electron chi connectivity index (χ4n) is 2.16. The summed E-state index contributed by atoms with van der Waals surface area (Å²) >= 11 is 0. The van der Waals surface area contributed by atoms with E-state index in [9.17, 15) is 4.79 Å². The number of Topliss-reactive ketones (excluding diaryl/α,β-unsaturated/α-hetero) is 1. The Labute approximate surface area is 89.2 Å². The number of likely N-dealkylation sites (tertiary alicyclic amines) is 1. The Morgan fingerprint density at radius 1 is 1.60 bits per heavy atom. The van der Waals surface area contributed by atoms with Gasteiger partial charge < -0.3 is 4.52 Å². The van der Waals surface area contributed by atoms with Crippen LogP contribution in [0.1, 0.15) is 48.3 Å². The highest BCUT2D eigenvalue weighted by molar-refractivity contribution is 5.94. The van der Waals surface area contributed by atoms with Crippen molar-refractivity contribution in [2.24, 2.45) is 0 Å². The molecular formula is C11H16N2O2. The van der Waals surface area contributed by atoms with Crippen LogP contribution in [0.25, 0.3) is 0 Å². The van der Waals surface area contributed by atoms with Crippen LogP contribution in [0, 0.1) is 0 Å². The molecule has 1 saturated heterocycles. The second kappa shape index (κ2) is 4.14. The zero-order valence-corrected chi connectivity index (χ0v) is 9.19. The Balaban J connectivity index is 2.27. The van der Waals surface area contributed by atoms with E-state index in [1.807, 2.05) is 0 Å². The van der Waals surface area contributed by atoms with E-state index in [0.717, 1.165) is 18.7 Å². The van der Waals surface area contributed by atoms with Gasteiger partial charge in [0.25, 0.3) is 0 Å². The molecule has 0 saturated carbocycles. The Bertz CT molecular complexity index is 359. The molecule has 0 spiro atoms. The van der Waals surface area contributed by atoms with Crippen LogP contribution in [0.15, 0.2) is 10.7 Å². The molecule has 4 nitrogen and oxygen atoms in total. The average molecular weight is 208 g/mol. The normalized spacial score (nSPS) is 22.9. The zero-order chi connectivity index (χ0) is 10.8. The number of piperidine rings is 1. The molecule has 1 aliphatic rings. The standard InChI is InChI=1S/C11H16N2O2/c1-8(14)9-7-12-15-11(9)10-5-3-4-6-13(10)2/h7,10H,3-6H2,1-2H3. The van der Waals surface area contributed by atoms with Crippen molar-refractivity contribution >= 4 is 5.78 Å². The molecule has 15 heavy (non-hydrogen) atoms. The maximum atomic E-state index is 11.4. The van der Waals surface area contributed by atoms with Crippen molar-refractivity contribution in [3.63, 3.8) is 0 Å². The quantitative estimate of drug-likeness (QED) is 0.698. The predicted molar refractivity (Wildman–Crippen MR) is 55.7 cm³/mol. The smallest absolute Gasteiger partial charge is 0.165 e. The summed E-state index contributed by atoms with van der Waals surface area (Å²) in [4.78, 5) is 13.6. The first kappa shape index (κ1) is 10.4. The van der Waals surface area contributed by atoms with Crippen molar-refractivity contribution in [3.8, 4) is 0 Å². The molecule has 0 aromatic carbocycles. The lowest BCUT2D eigenvalue weighted by Crippen LogP contribution is -2.30. The van der Waals surface area contributed by atoms with Crippen molar-refractivity contribution in [1.29, 1.82) is 0 Å². The topological polar surface area (TPSA) is 46.3 Å². The number of rotatable bonds is 2. The summed E-state index contributed by atoms with van der Waals surface area (Å²) in [5.41, 5.74) is 0.633. The molecule has 0 aliphatic carbocycles. The summed E-state index contributed by atoms with van der Waals surface area (Å²) in [6, 6.07) is 0.222. The minimum absolute atomic E-state index is 0.0326. The van der Waals surface area contributed by atoms with E-state index < -0.39 is 0 Å². The van der Waals surface area contributed by atoms with Gasteiger partial charge in [-0.2, -0.15) is 0 Å². The minimum atomic E-state index is 0.0326. The number of carbonyl (C=O) groups is 1. The lowest BCUT2D eigenvalue weighted by molar-refractivity contribution is 0.100. The molecule has 1 unspecified atom stereocenters. The molecule has 1 fully saturated rings. The van der Waals surface area contributed by atoms with E-state index in [2.05, 4.69) is 17.1 Å². The largest absolute Gasteiger partial charge is 0.359 e. The van der Waals surface area contributed by atoms with Crippen LogP contribution < -0.4 is 0 Å². The molecule has 0 radical (unpaired) electrons. The van der Waals surface area contributed by atoms with Gasteiger partial charge in [0.15, 0.2) is 11.5 Å². The lowest BCUT2D eigenvalue weighted by atomic mass is 9.97. The molecule has 82 valence electrons. The number of ketones is 1. The highest BCUT2D eigenvalue weighted by Gasteiger charge is 2.27. The van der Waals surface area contributed by atoms with E-state index in [1.165, 1.54) is 19.0 Å². The SMILES string of the molecule is CC(=O)c1cnoc1C1CCCCN1C. The highest BCUT2D eigenvalue weighted by atomic mass is 16.5. The van der Waals surface area contributed by atoms with Gasteiger partial charge in [-0.25, -0.2) is 0 Å². The second-order valence-corrected chi connectivity index (χ2v) is 4.15. The van der Waals surface area contributed by atoms with Crippen LogP contribution in [0.5, 0.6) is 0 Å². The van der Waals surface area contributed by atoms with Crippen LogP contribution >= 0.6 is 0 Å². The molecular weight excluding hydrogens is 192 g/mol. The first-order chi connectivity index (χ1) is 7.20. The van der Waals surface area contributed by atoms with Gasteiger partial charge in [0.1, 0.15) is 0 Å². The minimum Gasteiger partial charge on any atom is -0.359 e. The molecule has 0 N–H and O–H groups in total. The number of aromatic nitrogens is 1. The number of carbonyl (C=O) groups excluding carboxylic acids is 1. The van der Waals surface area contributed by atoms with E-state index in [0.29, 0.717) is 5.56 Å². The summed E-state index contributed by atoms with van der Waals surface area (Å²) in [5, 5.41) is 3.73. The van der Waals surface area contributed by atoms with Gasteiger partial charge in [-0.15, -0.1) is 0 Å². The van der Waals surface area contributed by atoms with Gasteiger partial charge in [0, 0.05) is 0 Å². The third kappa shape index (κ3) is 1.95. The molecule has 1 atom stereocenters. The van der Waals surface area contributed by atoms with E-state index in [4.69, 9.17) is 4.52 Å².